The van der Waals surface area contributed by atoms with E-state index in [4.69, 9.17) is 25.2 Å². The first-order chi connectivity index (χ1) is 25.0. The van der Waals surface area contributed by atoms with Gasteiger partial charge >= 0.3 is 0 Å². The van der Waals surface area contributed by atoms with Crippen LogP contribution in [-0.2, 0) is 0 Å². The fraction of sp³-hybridized carbons (Fsp3) is 0.0698. The molecule has 4 heterocycles. The lowest BCUT2D eigenvalue weighted by Gasteiger charge is -2.12. The molecule has 8 rings (SSSR count). The second-order valence-corrected chi connectivity index (χ2v) is 11.5. The van der Waals surface area contributed by atoms with Gasteiger partial charge in [0.05, 0.1) is 42.3 Å². The summed E-state index contributed by atoms with van der Waals surface area (Å²) in [5, 5.41) is 5.67. The number of aryl methyl sites for hydroxylation is 1. The average molecular weight is 671 g/mol. The fourth-order valence-corrected chi connectivity index (χ4v) is 5.40. The van der Waals surface area contributed by atoms with Crippen molar-refractivity contribution in [1.82, 2.24) is 19.9 Å². The van der Waals surface area contributed by atoms with E-state index in [0.29, 0.717) is 5.82 Å². The Labute approximate surface area is 297 Å². The first-order valence-corrected chi connectivity index (χ1v) is 16.4. The standard InChI is InChI=1S/C21H17N3O.C17H15NO.C5H6N2/c1-25-16-11-9-15(10-12-16)19-14-20(24-21-8-4-5-13-22-21)17-6-2-3-7-18(17)23-19;1-12-11-17(13-7-9-14(19-2)10-8-13)18-16-6-4-3-5-15(12)16;6-5-3-1-2-4-7-5/h2-14H,1H3,(H,22,23,24);3-11H,1-2H3;1-4H,(H2,6,7). The lowest BCUT2D eigenvalue weighted by Crippen LogP contribution is -1.96. The molecule has 4 aromatic carbocycles. The maximum absolute atomic E-state index is 5.25. The van der Waals surface area contributed by atoms with E-state index in [0.717, 1.165) is 61.9 Å². The molecular weight excluding hydrogens is 633 g/mol. The van der Waals surface area contributed by atoms with Gasteiger partial charge in [0.2, 0.25) is 0 Å². The minimum atomic E-state index is 0.572. The van der Waals surface area contributed by atoms with Gasteiger partial charge in [-0.25, -0.2) is 19.9 Å². The number of nitrogens with zero attached hydrogens (tertiary/aromatic N) is 4. The van der Waals surface area contributed by atoms with Gasteiger partial charge in [-0.2, -0.15) is 0 Å². The molecule has 8 aromatic rings. The zero-order chi connectivity index (χ0) is 35.4. The molecule has 0 aliphatic carbocycles. The molecule has 0 aliphatic rings. The first kappa shape index (κ1) is 34.1. The highest BCUT2D eigenvalue weighted by atomic mass is 16.5. The molecule has 0 unspecified atom stereocenters. The minimum absolute atomic E-state index is 0.572. The Balaban J connectivity index is 0.000000151. The van der Waals surface area contributed by atoms with Crippen molar-refractivity contribution in [3.8, 4) is 34.0 Å². The third kappa shape index (κ3) is 8.82. The van der Waals surface area contributed by atoms with Crippen molar-refractivity contribution in [2.75, 3.05) is 25.3 Å². The van der Waals surface area contributed by atoms with Crippen molar-refractivity contribution in [3.05, 3.63) is 164 Å². The summed E-state index contributed by atoms with van der Waals surface area (Å²) < 4.78 is 10.4. The van der Waals surface area contributed by atoms with Gasteiger partial charge in [0.1, 0.15) is 23.1 Å². The van der Waals surface area contributed by atoms with Crippen molar-refractivity contribution in [3.63, 3.8) is 0 Å². The van der Waals surface area contributed by atoms with Gasteiger partial charge in [-0.15, -0.1) is 0 Å². The number of para-hydroxylation sites is 2. The van der Waals surface area contributed by atoms with Crippen molar-refractivity contribution < 1.29 is 9.47 Å². The summed E-state index contributed by atoms with van der Waals surface area (Å²) in [4.78, 5) is 17.6. The lowest BCUT2D eigenvalue weighted by atomic mass is 10.1. The maximum Gasteiger partial charge on any atom is 0.130 e. The molecule has 0 radical (unpaired) electrons. The summed E-state index contributed by atoms with van der Waals surface area (Å²) in [5.41, 5.74) is 13.5. The molecule has 0 spiro atoms. The molecule has 0 bridgehead atoms. The molecule has 51 heavy (non-hydrogen) atoms. The summed E-state index contributed by atoms with van der Waals surface area (Å²) in [6.45, 7) is 2.12. The van der Waals surface area contributed by atoms with Crippen molar-refractivity contribution in [2.24, 2.45) is 0 Å². The van der Waals surface area contributed by atoms with Gasteiger partial charge in [0, 0.05) is 34.3 Å². The zero-order valence-corrected chi connectivity index (χ0v) is 28.7. The number of rotatable bonds is 6. The molecule has 3 N–H and O–H groups in total. The lowest BCUT2D eigenvalue weighted by molar-refractivity contribution is 0.415. The quantitative estimate of drug-likeness (QED) is 0.180. The number of hydrogen-bond donors (Lipinski definition) is 2. The van der Waals surface area contributed by atoms with Crippen molar-refractivity contribution in [2.45, 2.75) is 6.92 Å². The van der Waals surface area contributed by atoms with Crippen LogP contribution in [0.3, 0.4) is 0 Å². The van der Waals surface area contributed by atoms with Crippen molar-refractivity contribution >= 4 is 39.1 Å². The number of nitrogens with two attached hydrogens (primary N) is 1. The molecule has 0 amide bonds. The maximum atomic E-state index is 5.25. The highest BCUT2D eigenvalue weighted by Crippen LogP contribution is 2.31. The topological polar surface area (TPSA) is 108 Å². The highest BCUT2D eigenvalue weighted by molar-refractivity contribution is 5.95. The van der Waals surface area contributed by atoms with Crippen LogP contribution < -0.4 is 20.5 Å². The number of ether oxygens (including phenoxy) is 2. The summed E-state index contributed by atoms with van der Waals surface area (Å²) in [7, 11) is 3.34. The molecule has 0 saturated carbocycles. The Morgan fingerprint density at radius 1 is 0.529 bits per heavy atom. The van der Waals surface area contributed by atoms with Crippen molar-refractivity contribution in [1.29, 1.82) is 0 Å². The summed E-state index contributed by atoms with van der Waals surface area (Å²) in [5.74, 6) is 3.07. The monoisotopic (exact) mass is 670 g/mol. The number of benzene rings is 4. The van der Waals surface area contributed by atoms with Crippen LogP contribution in [0.1, 0.15) is 5.56 Å². The van der Waals surface area contributed by atoms with Crippen LogP contribution in [0.2, 0.25) is 0 Å². The van der Waals surface area contributed by atoms with E-state index in [1.165, 1.54) is 10.9 Å². The number of pyridine rings is 4. The zero-order valence-electron chi connectivity index (χ0n) is 28.7. The fourth-order valence-electron chi connectivity index (χ4n) is 5.40. The van der Waals surface area contributed by atoms with E-state index < -0.39 is 0 Å². The number of nitrogen functional groups attached to an aromatic ring is 1. The Kier molecular flexibility index (Phi) is 11.1. The van der Waals surface area contributed by atoms with Gasteiger partial charge in [-0.05, 0) is 110 Å². The number of methoxy groups -OCH3 is 2. The number of hydrogen-bond acceptors (Lipinski definition) is 8. The van der Waals surface area contributed by atoms with E-state index in [1.54, 1.807) is 32.7 Å². The van der Waals surface area contributed by atoms with Crippen LogP contribution in [0.15, 0.2) is 158 Å². The van der Waals surface area contributed by atoms with Crippen LogP contribution in [0, 0.1) is 6.92 Å². The normalized spacial score (nSPS) is 10.3. The smallest absolute Gasteiger partial charge is 0.130 e. The number of fused-ring (bicyclic) bond motifs is 2. The largest absolute Gasteiger partial charge is 0.497 e. The second-order valence-electron chi connectivity index (χ2n) is 11.5. The van der Waals surface area contributed by atoms with E-state index in [9.17, 15) is 0 Å². The van der Waals surface area contributed by atoms with E-state index in [-0.39, 0.29) is 0 Å². The number of nitrogens with one attached hydrogen (secondary N) is 1. The van der Waals surface area contributed by atoms with Crippen LogP contribution >= 0.6 is 0 Å². The van der Waals surface area contributed by atoms with Gasteiger partial charge < -0.3 is 20.5 Å². The van der Waals surface area contributed by atoms with Gasteiger partial charge in [-0.1, -0.05) is 48.5 Å². The van der Waals surface area contributed by atoms with Gasteiger partial charge in [0.15, 0.2) is 0 Å². The second kappa shape index (κ2) is 16.5. The predicted octanol–water partition coefficient (Wildman–Crippen LogP) is 9.93. The average Bonchev–Trinajstić information content (AvgIpc) is 3.19. The van der Waals surface area contributed by atoms with Crippen LogP contribution in [-0.4, -0.2) is 34.2 Å². The van der Waals surface area contributed by atoms with E-state index >= 15 is 0 Å². The van der Waals surface area contributed by atoms with Gasteiger partial charge in [0.25, 0.3) is 0 Å². The predicted molar refractivity (Wildman–Crippen MR) is 208 cm³/mol. The SMILES string of the molecule is COc1ccc(-c2cc(C)c3ccccc3n2)cc1.COc1ccc(-c2cc(Nc3ccccn3)c3ccccc3n2)cc1.Nc1ccccn1. The molecule has 0 aliphatic heterocycles. The summed E-state index contributed by atoms with van der Waals surface area (Å²) in [6.07, 6.45) is 3.44. The number of aromatic nitrogens is 4. The van der Waals surface area contributed by atoms with Crippen LogP contribution in [0.4, 0.5) is 17.3 Å². The molecule has 0 saturated heterocycles. The third-order valence-electron chi connectivity index (χ3n) is 8.03. The molecule has 8 heteroatoms. The molecule has 4 aromatic heterocycles. The van der Waals surface area contributed by atoms with Crippen LogP contribution in [0.25, 0.3) is 44.3 Å². The molecule has 252 valence electrons. The molecule has 0 atom stereocenters. The van der Waals surface area contributed by atoms with E-state index in [1.807, 2.05) is 109 Å². The Bertz CT molecular complexity index is 2320. The first-order valence-electron chi connectivity index (χ1n) is 16.4. The Morgan fingerprint density at radius 2 is 1.04 bits per heavy atom. The van der Waals surface area contributed by atoms with Gasteiger partial charge in [-0.3, -0.25) is 0 Å². The summed E-state index contributed by atoms with van der Waals surface area (Å²) >= 11 is 0. The minimum Gasteiger partial charge on any atom is -0.497 e. The van der Waals surface area contributed by atoms with Crippen LogP contribution in [0.5, 0.6) is 11.5 Å². The third-order valence-corrected chi connectivity index (χ3v) is 8.03. The molecule has 8 nitrogen and oxygen atoms in total. The Hall–Kier alpha value is -6.80. The Morgan fingerprint density at radius 3 is 1.55 bits per heavy atom. The summed E-state index contributed by atoms with van der Waals surface area (Å²) in [6, 6.07) is 47.6. The highest BCUT2D eigenvalue weighted by Gasteiger charge is 2.09. The number of anilines is 3. The van der Waals surface area contributed by atoms with E-state index in [2.05, 4.69) is 52.5 Å². The molecule has 0 fully saturated rings. The molecular formula is C43H38N6O2.